The molecule has 3 rings (SSSR count). The van der Waals surface area contributed by atoms with Crippen molar-refractivity contribution in [3.8, 4) is 0 Å². The highest BCUT2D eigenvalue weighted by molar-refractivity contribution is 14.0. The van der Waals surface area contributed by atoms with E-state index >= 15 is 0 Å². The second-order valence-corrected chi connectivity index (χ2v) is 9.54. The summed E-state index contributed by atoms with van der Waals surface area (Å²) in [4.78, 5) is 7.50. The third-order valence-electron chi connectivity index (χ3n) is 4.94. The summed E-state index contributed by atoms with van der Waals surface area (Å²) in [6.45, 7) is 3.04. The normalized spacial score (nSPS) is 11.9. The largest absolute Gasteiger partial charge is 0.361 e. The number of benzene rings is 2. The number of hydrogen-bond donors (Lipinski definition) is 3. The summed E-state index contributed by atoms with van der Waals surface area (Å²) in [6, 6.07) is 10.3. The number of rotatable bonds is 7. The lowest BCUT2D eigenvalue weighted by Crippen LogP contribution is -2.38. The second kappa shape index (κ2) is 10.9. The van der Waals surface area contributed by atoms with Gasteiger partial charge in [-0.05, 0) is 53.8 Å². The standard InChI is InChI=1S/C22H27FN4O2S.HI/c1-15-5-4-6-20-21(15)16(12-26-20)9-10-25-22(24-2)27-13-18-11-19(23)8-7-17(18)14-30(3,28)29;/h4-8,11-12,26H,9-10,13-14H2,1-3H3,(H2,24,25,27);1H. The first-order valence-electron chi connectivity index (χ1n) is 9.72. The molecule has 168 valence electrons. The summed E-state index contributed by atoms with van der Waals surface area (Å²) < 4.78 is 37.0. The summed E-state index contributed by atoms with van der Waals surface area (Å²) in [7, 11) is -1.56. The molecule has 0 aliphatic carbocycles. The van der Waals surface area contributed by atoms with E-state index in [4.69, 9.17) is 0 Å². The van der Waals surface area contributed by atoms with Crippen LogP contribution in [0.4, 0.5) is 4.39 Å². The van der Waals surface area contributed by atoms with Gasteiger partial charge in [0.15, 0.2) is 15.8 Å². The second-order valence-electron chi connectivity index (χ2n) is 7.40. The zero-order valence-corrected chi connectivity index (χ0v) is 21.0. The van der Waals surface area contributed by atoms with Gasteiger partial charge in [0.1, 0.15) is 5.82 Å². The highest BCUT2D eigenvalue weighted by atomic mass is 127. The molecule has 0 saturated heterocycles. The van der Waals surface area contributed by atoms with Crippen molar-refractivity contribution in [2.45, 2.75) is 25.6 Å². The van der Waals surface area contributed by atoms with E-state index in [1.165, 1.54) is 41.0 Å². The number of hydrogen-bond acceptors (Lipinski definition) is 3. The highest BCUT2D eigenvalue weighted by Crippen LogP contribution is 2.22. The first-order valence-corrected chi connectivity index (χ1v) is 11.8. The van der Waals surface area contributed by atoms with Crippen molar-refractivity contribution in [3.05, 3.63) is 70.7 Å². The molecular formula is C22H28FIN4O2S. The van der Waals surface area contributed by atoms with Crippen molar-refractivity contribution in [1.82, 2.24) is 15.6 Å². The smallest absolute Gasteiger partial charge is 0.191 e. The van der Waals surface area contributed by atoms with Crippen LogP contribution in [0, 0.1) is 12.7 Å². The maximum absolute atomic E-state index is 13.7. The van der Waals surface area contributed by atoms with Gasteiger partial charge in [0.2, 0.25) is 0 Å². The van der Waals surface area contributed by atoms with Gasteiger partial charge in [-0.1, -0.05) is 18.2 Å². The van der Waals surface area contributed by atoms with Gasteiger partial charge in [-0.2, -0.15) is 0 Å². The lowest BCUT2D eigenvalue weighted by atomic mass is 10.1. The van der Waals surface area contributed by atoms with E-state index in [1.807, 2.05) is 12.3 Å². The molecule has 0 saturated carbocycles. The number of nitrogens with one attached hydrogen (secondary N) is 3. The van der Waals surface area contributed by atoms with Crippen LogP contribution in [-0.4, -0.2) is 39.2 Å². The molecule has 0 bridgehead atoms. The number of fused-ring (bicyclic) bond motifs is 1. The number of H-pyrrole nitrogens is 1. The Balaban J connectivity index is 0.00000341. The maximum Gasteiger partial charge on any atom is 0.191 e. The molecule has 0 atom stereocenters. The SMILES string of the molecule is CN=C(NCCc1c[nH]c2cccc(C)c12)NCc1cc(F)ccc1CS(C)(=O)=O.I. The molecule has 1 heterocycles. The van der Waals surface area contributed by atoms with Crippen LogP contribution >= 0.6 is 24.0 Å². The van der Waals surface area contributed by atoms with Gasteiger partial charge < -0.3 is 15.6 Å². The Morgan fingerprint density at radius 1 is 1.13 bits per heavy atom. The Morgan fingerprint density at radius 2 is 1.90 bits per heavy atom. The molecule has 9 heteroatoms. The molecule has 6 nitrogen and oxygen atoms in total. The zero-order valence-electron chi connectivity index (χ0n) is 17.8. The minimum Gasteiger partial charge on any atom is -0.361 e. The molecule has 0 unspecified atom stereocenters. The number of nitrogens with zero attached hydrogens (tertiary/aromatic N) is 1. The minimum absolute atomic E-state index is 0. The maximum atomic E-state index is 13.7. The summed E-state index contributed by atoms with van der Waals surface area (Å²) >= 11 is 0. The summed E-state index contributed by atoms with van der Waals surface area (Å²) in [5.74, 6) is 0.0406. The first-order chi connectivity index (χ1) is 14.3. The fourth-order valence-electron chi connectivity index (χ4n) is 3.55. The Bertz CT molecular complexity index is 1180. The van der Waals surface area contributed by atoms with Crippen LogP contribution in [0.3, 0.4) is 0 Å². The van der Waals surface area contributed by atoms with Gasteiger partial charge in [0.25, 0.3) is 0 Å². The van der Waals surface area contributed by atoms with E-state index in [9.17, 15) is 12.8 Å². The van der Waals surface area contributed by atoms with Gasteiger partial charge in [-0.3, -0.25) is 4.99 Å². The minimum atomic E-state index is -3.22. The molecule has 2 aromatic carbocycles. The zero-order chi connectivity index (χ0) is 21.7. The molecular weight excluding hydrogens is 530 g/mol. The molecule has 1 aromatic heterocycles. The fourth-order valence-corrected chi connectivity index (χ4v) is 4.39. The summed E-state index contributed by atoms with van der Waals surface area (Å²) in [5.41, 5.74) is 4.76. The lowest BCUT2D eigenvalue weighted by Gasteiger charge is -2.14. The lowest BCUT2D eigenvalue weighted by molar-refractivity contribution is 0.599. The van der Waals surface area contributed by atoms with Gasteiger partial charge >= 0.3 is 0 Å². The van der Waals surface area contributed by atoms with Crippen molar-refractivity contribution < 1.29 is 12.8 Å². The van der Waals surface area contributed by atoms with Crippen LogP contribution in [-0.2, 0) is 28.6 Å². The Hall–Kier alpha value is -2.14. The van der Waals surface area contributed by atoms with E-state index in [-0.39, 0.29) is 36.3 Å². The van der Waals surface area contributed by atoms with Crippen molar-refractivity contribution in [1.29, 1.82) is 0 Å². The number of aliphatic imine (C=N–C) groups is 1. The van der Waals surface area contributed by atoms with Crippen LogP contribution in [0.1, 0.15) is 22.3 Å². The predicted molar refractivity (Wildman–Crippen MR) is 135 cm³/mol. The number of aryl methyl sites for hydroxylation is 1. The van der Waals surface area contributed by atoms with Crippen LogP contribution in [0.5, 0.6) is 0 Å². The van der Waals surface area contributed by atoms with Gasteiger partial charge in [0.05, 0.1) is 5.75 Å². The molecule has 3 N–H and O–H groups in total. The van der Waals surface area contributed by atoms with E-state index in [2.05, 4.69) is 39.7 Å². The Labute approximate surface area is 199 Å². The fraction of sp³-hybridized carbons (Fsp3) is 0.318. The molecule has 31 heavy (non-hydrogen) atoms. The van der Waals surface area contributed by atoms with Gasteiger partial charge in [-0.25, -0.2) is 12.8 Å². The average Bonchev–Trinajstić information content (AvgIpc) is 3.10. The molecule has 0 radical (unpaired) electrons. The molecule has 0 amide bonds. The van der Waals surface area contributed by atoms with Gasteiger partial charge in [-0.15, -0.1) is 24.0 Å². The van der Waals surface area contributed by atoms with Crippen molar-refractivity contribution >= 4 is 50.7 Å². The molecule has 0 aliphatic heterocycles. The Morgan fingerprint density at radius 3 is 2.61 bits per heavy atom. The van der Waals surface area contributed by atoms with Crippen molar-refractivity contribution in [2.75, 3.05) is 19.8 Å². The Kier molecular flexibility index (Phi) is 8.87. The third-order valence-corrected chi connectivity index (χ3v) is 5.77. The van der Waals surface area contributed by atoms with E-state index in [1.54, 1.807) is 7.05 Å². The van der Waals surface area contributed by atoms with Gasteiger partial charge in [0, 0.05) is 43.5 Å². The van der Waals surface area contributed by atoms with E-state index in [0.717, 1.165) is 11.9 Å². The number of guanidine groups is 1. The molecule has 0 spiro atoms. The average molecular weight is 558 g/mol. The molecule has 3 aromatic rings. The summed E-state index contributed by atoms with van der Waals surface area (Å²) in [5, 5.41) is 7.64. The number of sulfone groups is 1. The topological polar surface area (TPSA) is 86.3 Å². The molecule has 0 fully saturated rings. The monoisotopic (exact) mass is 558 g/mol. The van der Waals surface area contributed by atoms with E-state index < -0.39 is 15.7 Å². The van der Waals surface area contributed by atoms with Crippen molar-refractivity contribution in [2.24, 2.45) is 4.99 Å². The third kappa shape index (κ3) is 6.93. The van der Waals surface area contributed by atoms with Crippen LogP contribution in [0.2, 0.25) is 0 Å². The first kappa shape index (κ1) is 25.1. The van der Waals surface area contributed by atoms with Crippen LogP contribution in [0.15, 0.2) is 47.6 Å². The number of aromatic amines is 1. The quantitative estimate of drug-likeness (QED) is 0.235. The van der Waals surface area contributed by atoms with E-state index in [0.29, 0.717) is 23.6 Å². The van der Waals surface area contributed by atoms with Crippen LogP contribution in [0.25, 0.3) is 10.9 Å². The number of halogens is 2. The molecule has 0 aliphatic rings. The summed E-state index contributed by atoms with van der Waals surface area (Å²) in [6.07, 6.45) is 4.01. The van der Waals surface area contributed by atoms with Crippen molar-refractivity contribution in [3.63, 3.8) is 0 Å². The predicted octanol–water partition coefficient (Wildman–Crippen LogP) is 3.69. The number of aromatic nitrogens is 1. The van der Waals surface area contributed by atoms with Crippen LogP contribution < -0.4 is 10.6 Å². The highest BCUT2D eigenvalue weighted by Gasteiger charge is 2.11.